The topological polar surface area (TPSA) is 98.5 Å². The van der Waals surface area contributed by atoms with Crippen LogP contribution in [-0.2, 0) is 14.9 Å². The fourth-order valence-corrected chi connectivity index (χ4v) is 5.37. The number of hydrogen-bond acceptors (Lipinski definition) is 6. The number of hydrogen-bond donors (Lipinski definition) is 1. The Kier molecular flexibility index (Phi) is 5.00. The Morgan fingerprint density at radius 1 is 1.28 bits per heavy atom. The number of nitro benzene ring substituents is 1. The molecular formula is C22H30N2O5. The van der Waals surface area contributed by atoms with Gasteiger partial charge in [-0.15, -0.1) is 0 Å². The summed E-state index contributed by atoms with van der Waals surface area (Å²) < 4.78 is 5.10. The van der Waals surface area contributed by atoms with Crippen LogP contribution in [0.5, 0.6) is 0 Å². The van der Waals surface area contributed by atoms with E-state index in [2.05, 4.69) is 12.2 Å². The number of anilines is 1. The van der Waals surface area contributed by atoms with Crippen LogP contribution in [0, 0.1) is 21.4 Å². The lowest BCUT2D eigenvalue weighted by Gasteiger charge is -2.53. The van der Waals surface area contributed by atoms with Crippen LogP contribution in [0.4, 0.5) is 11.4 Å². The minimum atomic E-state index is -0.755. The van der Waals surface area contributed by atoms with Crippen LogP contribution < -0.4 is 5.32 Å². The van der Waals surface area contributed by atoms with Crippen molar-refractivity contribution in [3.05, 3.63) is 33.4 Å². The van der Waals surface area contributed by atoms with Gasteiger partial charge in [0.25, 0.3) is 5.69 Å². The number of Topliss-reactive ketones (excluding diaryl/α,β-unsaturated/α-hetero) is 1. The molecule has 0 radical (unpaired) electrons. The number of ether oxygens (including phenoxy) is 1. The number of nitrogens with zero attached hydrogens (tertiary/aromatic N) is 1. The molecule has 0 heterocycles. The van der Waals surface area contributed by atoms with Crippen molar-refractivity contribution in [1.29, 1.82) is 0 Å². The van der Waals surface area contributed by atoms with Crippen LogP contribution in [0.1, 0.15) is 76.2 Å². The Labute approximate surface area is 171 Å². The molecular weight excluding hydrogens is 372 g/mol. The molecule has 0 saturated heterocycles. The van der Waals surface area contributed by atoms with Gasteiger partial charge in [-0.1, -0.05) is 13.3 Å². The summed E-state index contributed by atoms with van der Waals surface area (Å²) in [6.07, 6.45) is 2.50. The van der Waals surface area contributed by atoms with Crippen LogP contribution in [0.15, 0.2) is 12.1 Å². The number of carbonyl (C=O) groups excluding carboxylic acids is 2. The van der Waals surface area contributed by atoms with Gasteiger partial charge in [-0.25, -0.2) is 0 Å². The largest absolute Gasteiger partial charge is 0.469 e. The first-order valence-electron chi connectivity index (χ1n) is 10.1. The van der Waals surface area contributed by atoms with Crippen molar-refractivity contribution in [2.75, 3.05) is 12.4 Å². The maximum Gasteiger partial charge on any atom is 0.311 e. The van der Waals surface area contributed by atoms with E-state index in [0.29, 0.717) is 17.7 Å². The molecule has 0 spiro atoms. The molecule has 1 saturated carbocycles. The highest BCUT2D eigenvalue weighted by atomic mass is 16.6. The molecule has 0 aliphatic heterocycles. The van der Waals surface area contributed by atoms with Crippen molar-refractivity contribution in [2.45, 2.75) is 71.3 Å². The highest BCUT2D eigenvalue weighted by Crippen LogP contribution is 2.58. The quantitative estimate of drug-likeness (QED) is 0.450. The van der Waals surface area contributed by atoms with Gasteiger partial charge >= 0.3 is 5.97 Å². The molecule has 7 heteroatoms. The summed E-state index contributed by atoms with van der Waals surface area (Å²) in [5, 5.41) is 14.9. The summed E-state index contributed by atoms with van der Waals surface area (Å²) in [7, 11) is 1.38. The van der Waals surface area contributed by atoms with Crippen molar-refractivity contribution >= 4 is 23.1 Å². The van der Waals surface area contributed by atoms with Crippen LogP contribution >= 0.6 is 0 Å². The van der Waals surface area contributed by atoms with E-state index in [9.17, 15) is 19.7 Å². The number of fused-ring (bicyclic) bond motifs is 3. The summed E-state index contributed by atoms with van der Waals surface area (Å²) in [5.41, 5.74) is -0.0650. The lowest BCUT2D eigenvalue weighted by molar-refractivity contribution is -0.384. The standard InChI is InChI=1S/C22H30N2O5/c1-20(2,3)23-15-11-14-13(10-16(15)24(27)28)17(25)12-18-21(14,4)8-7-9-22(18,5)19(26)29-6/h10-11,18,23H,7-9,12H2,1-6H3/t18?,21-,22-/m1/s1. The smallest absolute Gasteiger partial charge is 0.311 e. The number of nitrogens with one attached hydrogen (secondary N) is 1. The van der Waals surface area contributed by atoms with Gasteiger partial charge in [0.15, 0.2) is 5.78 Å². The van der Waals surface area contributed by atoms with Crippen molar-refractivity contribution < 1.29 is 19.2 Å². The third-order valence-corrected chi connectivity index (χ3v) is 6.73. The SMILES string of the molecule is COC(=O)[C@]1(C)CCC[C@]2(C)c3cc(NC(C)(C)C)c([N+](=O)[O-])cc3C(=O)CC12. The Balaban J connectivity index is 2.22. The normalized spacial score (nSPS) is 28.9. The summed E-state index contributed by atoms with van der Waals surface area (Å²) in [4.78, 5) is 37.0. The van der Waals surface area contributed by atoms with E-state index >= 15 is 0 Å². The molecule has 7 nitrogen and oxygen atoms in total. The number of methoxy groups -OCH3 is 1. The van der Waals surface area contributed by atoms with E-state index in [1.54, 1.807) is 6.07 Å². The first kappa shape index (κ1) is 21.3. The molecule has 158 valence electrons. The molecule has 29 heavy (non-hydrogen) atoms. The van der Waals surface area contributed by atoms with E-state index in [0.717, 1.165) is 18.4 Å². The minimum Gasteiger partial charge on any atom is -0.469 e. The van der Waals surface area contributed by atoms with Crippen LogP contribution in [0.2, 0.25) is 0 Å². The minimum absolute atomic E-state index is 0.0967. The zero-order valence-corrected chi connectivity index (χ0v) is 18.0. The lowest BCUT2D eigenvalue weighted by atomic mass is 9.49. The van der Waals surface area contributed by atoms with Crippen molar-refractivity contribution in [3.8, 4) is 0 Å². The predicted molar refractivity (Wildman–Crippen MR) is 110 cm³/mol. The molecule has 1 fully saturated rings. The van der Waals surface area contributed by atoms with Crippen LogP contribution in [0.25, 0.3) is 0 Å². The molecule has 1 aromatic carbocycles. The fraction of sp³-hybridized carbons (Fsp3) is 0.636. The maximum atomic E-state index is 13.1. The Morgan fingerprint density at radius 3 is 2.48 bits per heavy atom. The molecule has 1 unspecified atom stereocenters. The summed E-state index contributed by atoms with van der Waals surface area (Å²) >= 11 is 0. The molecule has 0 bridgehead atoms. The number of carbonyl (C=O) groups is 2. The number of esters is 1. The maximum absolute atomic E-state index is 13.1. The zero-order valence-electron chi connectivity index (χ0n) is 18.0. The molecule has 1 aromatic rings. The van der Waals surface area contributed by atoms with E-state index < -0.39 is 15.8 Å². The summed E-state index contributed by atoms with van der Waals surface area (Å²) in [6.45, 7) is 9.76. The predicted octanol–water partition coefficient (Wildman–Crippen LogP) is 4.63. The summed E-state index contributed by atoms with van der Waals surface area (Å²) in [6, 6.07) is 3.18. The van der Waals surface area contributed by atoms with Gasteiger partial charge in [0, 0.05) is 23.6 Å². The molecule has 2 aliphatic rings. The highest BCUT2D eigenvalue weighted by Gasteiger charge is 2.57. The van der Waals surface area contributed by atoms with Gasteiger partial charge < -0.3 is 10.1 Å². The second-order valence-corrected chi connectivity index (χ2v) is 9.91. The van der Waals surface area contributed by atoms with Gasteiger partial charge in [0.05, 0.1) is 17.4 Å². The first-order chi connectivity index (χ1) is 13.3. The second-order valence-electron chi connectivity index (χ2n) is 9.91. The molecule has 2 aliphatic carbocycles. The van der Waals surface area contributed by atoms with E-state index in [4.69, 9.17) is 4.74 Å². The number of ketones is 1. The van der Waals surface area contributed by atoms with Gasteiger partial charge in [0.1, 0.15) is 5.69 Å². The fourth-order valence-electron chi connectivity index (χ4n) is 5.37. The van der Waals surface area contributed by atoms with Gasteiger partial charge in [-0.2, -0.15) is 0 Å². The molecule has 0 aromatic heterocycles. The van der Waals surface area contributed by atoms with Crippen LogP contribution in [0.3, 0.4) is 0 Å². The molecule has 0 amide bonds. The Hall–Kier alpha value is -2.44. The van der Waals surface area contributed by atoms with E-state index in [-0.39, 0.29) is 35.3 Å². The number of benzene rings is 1. The third-order valence-electron chi connectivity index (χ3n) is 6.73. The van der Waals surface area contributed by atoms with E-state index in [1.165, 1.54) is 13.2 Å². The van der Waals surface area contributed by atoms with Crippen LogP contribution in [-0.4, -0.2) is 29.3 Å². The molecule has 3 rings (SSSR count). The number of rotatable bonds is 3. The average Bonchev–Trinajstić information content (AvgIpc) is 2.61. The molecule has 1 N–H and O–H groups in total. The highest BCUT2D eigenvalue weighted by molar-refractivity contribution is 6.01. The van der Waals surface area contributed by atoms with Crippen molar-refractivity contribution in [3.63, 3.8) is 0 Å². The molecule has 3 atom stereocenters. The van der Waals surface area contributed by atoms with E-state index in [1.807, 2.05) is 27.7 Å². The zero-order chi connectivity index (χ0) is 21.8. The average molecular weight is 402 g/mol. The monoisotopic (exact) mass is 402 g/mol. The Morgan fingerprint density at radius 2 is 1.93 bits per heavy atom. The third kappa shape index (κ3) is 3.40. The Bertz CT molecular complexity index is 888. The van der Waals surface area contributed by atoms with Gasteiger partial charge in [-0.3, -0.25) is 19.7 Å². The summed E-state index contributed by atoms with van der Waals surface area (Å²) in [5.74, 6) is -0.648. The van der Waals surface area contributed by atoms with Crippen molar-refractivity contribution in [1.82, 2.24) is 0 Å². The second kappa shape index (κ2) is 6.82. The lowest BCUT2D eigenvalue weighted by Crippen LogP contribution is -2.53. The van der Waals surface area contributed by atoms with Gasteiger partial charge in [0.2, 0.25) is 0 Å². The number of nitro groups is 1. The first-order valence-corrected chi connectivity index (χ1v) is 10.1. The van der Waals surface area contributed by atoms with Crippen molar-refractivity contribution in [2.24, 2.45) is 11.3 Å². The van der Waals surface area contributed by atoms with Gasteiger partial charge in [-0.05, 0) is 63.5 Å².